The third kappa shape index (κ3) is 6.38. The summed E-state index contributed by atoms with van der Waals surface area (Å²) in [5, 5.41) is 39.8. The Morgan fingerprint density at radius 3 is 1.66 bits per heavy atom. The van der Waals surface area contributed by atoms with Crippen molar-refractivity contribution in [2.75, 3.05) is 10.6 Å². The normalized spacial score (nSPS) is 11.5. The summed E-state index contributed by atoms with van der Waals surface area (Å²) < 4.78 is 0. The molecule has 2 heterocycles. The average Bonchev–Trinajstić information content (AvgIpc) is 3.47. The van der Waals surface area contributed by atoms with Crippen LogP contribution in [0.1, 0.15) is 55.6 Å². The first kappa shape index (κ1) is 34.2. The number of nitriles is 1. The summed E-state index contributed by atoms with van der Waals surface area (Å²) in [6.07, 6.45) is 0. The van der Waals surface area contributed by atoms with E-state index in [4.69, 9.17) is 15.2 Å². The van der Waals surface area contributed by atoms with Gasteiger partial charge >= 0.3 is 0 Å². The Morgan fingerprint density at radius 1 is 0.560 bits per heavy atom. The maximum absolute atomic E-state index is 10.2. The lowest BCUT2D eigenvalue weighted by molar-refractivity contribution is 1.16. The van der Waals surface area contributed by atoms with Gasteiger partial charge in [-0.15, -0.1) is 20.5 Å². The maximum Gasteiger partial charge on any atom is 0.161 e. The minimum absolute atomic E-state index is 0.394. The minimum atomic E-state index is 0.394. The highest BCUT2D eigenvalue weighted by Crippen LogP contribution is 2.44. The molecule has 6 rings (SSSR count). The first-order chi connectivity index (χ1) is 24.0. The molecule has 0 unspecified atom stereocenters. The van der Waals surface area contributed by atoms with Crippen LogP contribution >= 0.6 is 11.3 Å². The van der Waals surface area contributed by atoms with Crippen LogP contribution in [-0.2, 0) is 0 Å². The number of anilines is 4. The molecule has 0 aliphatic carbocycles. The summed E-state index contributed by atoms with van der Waals surface area (Å²) >= 11 is 1.42. The van der Waals surface area contributed by atoms with Crippen molar-refractivity contribution < 1.29 is 0 Å². The number of fused-ring (bicyclic) bond motifs is 1. The zero-order chi connectivity index (χ0) is 35.7. The number of hydrogen-bond donors (Lipinski definition) is 2. The largest absolute Gasteiger partial charge is 0.339 e. The molecule has 0 aliphatic rings. The van der Waals surface area contributed by atoms with Crippen molar-refractivity contribution in [1.82, 2.24) is 4.98 Å². The smallest absolute Gasteiger partial charge is 0.161 e. The van der Waals surface area contributed by atoms with Gasteiger partial charge in [0, 0.05) is 16.9 Å². The Morgan fingerprint density at radius 2 is 1.08 bits per heavy atom. The van der Waals surface area contributed by atoms with Crippen molar-refractivity contribution in [2.45, 2.75) is 62.3 Å². The molecule has 250 valence electrons. The molecule has 2 N–H and O–H groups in total. The lowest BCUT2D eigenvalue weighted by Crippen LogP contribution is -2.04. The lowest BCUT2D eigenvalue weighted by Gasteiger charge is -2.21. The molecular weight excluding hydrogens is 637 g/mol. The van der Waals surface area contributed by atoms with Crippen molar-refractivity contribution in [3.8, 4) is 6.07 Å². The fourth-order valence-electron chi connectivity index (χ4n) is 6.41. The molecule has 9 heteroatoms. The topological polar surface area (TPSA) is 110 Å². The molecule has 0 fully saturated rings. The summed E-state index contributed by atoms with van der Waals surface area (Å²) in [6.45, 7) is 19.2. The van der Waals surface area contributed by atoms with E-state index < -0.39 is 0 Å². The van der Waals surface area contributed by atoms with Crippen LogP contribution in [0.5, 0.6) is 0 Å². The Bertz CT molecular complexity index is 2370. The van der Waals surface area contributed by atoms with Crippen LogP contribution in [0.25, 0.3) is 10.8 Å². The zero-order valence-electron chi connectivity index (χ0n) is 29.9. The van der Waals surface area contributed by atoms with Gasteiger partial charge in [0.1, 0.15) is 21.8 Å². The molecule has 0 saturated carbocycles. The second-order valence-electron chi connectivity index (χ2n) is 12.7. The molecule has 0 spiro atoms. The number of nitrogens with zero attached hydrogens (tertiary/aromatic N) is 6. The standard InChI is InChI=1S/C41H40N8S/c1-22-20-34(46-47-37-28(7)27(6)35-25(4)23(2)24(3)26(5)36(35)30(37)9)50-41(22)49-48-38-29(8)33(21-42)39(43-31-16-12-10-13-17-31)45-40(38)44-32-18-14-11-15-19-32/h10-20H,1-9H3,(H2,43,44,45). The van der Waals surface area contributed by atoms with E-state index in [-0.39, 0.29) is 0 Å². The second-order valence-corrected chi connectivity index (χ2v) is 13.7. The van der Waals surface area contributed by atoms with Gasteiger partial charge in [-0.05, 0) is 148 Å². The number of aryl methyl sites for hydroxylation is 5. The molecule has 0 saturated heterocycles. The van der Waals surface area contributed by atoms with Gasteiger partial charge in [-0.1, -0.05) is 47.7 Å². The van der Waals surface area contributed by atoms with Gasteiger partial charge in [0.05, 0.1) is 11.3 Å². The SMILES string of the molecule is Cc1cc(N=Nc2c(C)c(C)c3c(C)c(C)c(C)c(C)c3c2C)sc1N=Nc1c(Nc2ccccc2)nc(Nc2ccccc2)c(C#N)c1C. The molecule has 0 amide bonds. The van der Waals surface area contributed by atoms with Gasteiger partial charge in [0.25, 0.3) is 0 Å². The molecule has 4 aromatic carbocycles. The van der Waals surface area contributed by atoms with Crippen LogP contribution in [-0.4, -0.2) is 4.98 Å². The van der Waals surface area contributed by atoms with Crippen LogP contribution in [0.4, 0.5) is 44.4 Å². The highest BCUT2D eigenvalue weighted by atomic mass is 32.1. The number of para-hydroxylation sites is 2. The van der Waals surface area contributed by atoms with Crippen molar-refractivity contribution in [3.63, 3.8) is 0 Å². The van der Waals surface area contributed by atoms with Crippen LogP contribution in [0.15, 0.2) is 87.2 Å². The van der Waals surface area contributed by atoms with Crippen molar-refractivity contribution >= 4 is 66.5 Å². The van der Waals surface area contributed by atoms with Gasteiger partial charge in [0.2, 0.25) is 0 Å². The monoisotopic (exact) mass is 676 g/mol. The molecule has 8 nitrogen and oxygen atoms in total. The fourth-order valence-corrected chi connectivity index (χ4v) is 7.23. The number of nitrogens with one attached hydrogen (secondary N) is 2. The number of azo groups is 2. The van der Waals surface area contributed by atoms with Gasteiger partial charge in [-0.25, -0.2) is 4.98 Å². The fraction of sp³-hybridized carbons (Fsp3) is 0.220. The summed E-state index contributed by atoms with van der Waals surface area (Å²) in [5.41, 5.74) is 13.8. The number of thiophene rings is 1. The Labute approximate surface area is 297 Å². The molecule has 0 atom stereocenters. The third-order valence-electron chi connectivity index (χ3n) is 9.68. The van der Waals surface area contributed by atoms with Gasteiger partial charge in [0.15, 0.2) is 11.6 Å². The molecule has 50 heavy (non-hydrogen) atoms. The first-order valence-electron chi connectivity index (χ1n) is 16.5. The molecule has 0 aliphatic heterocycles. The zero-order valence-corrected chi connectivity index (χ0v) is 30.8. The predicted molar refractivity (Wildman–Crippen MR) is 208 cm³/mol. The number of aromatic nitrogens is 1. The van der Waals surface area contributed by atoms with E-state index in [1.54, 1.807) is 0 Å². The van der Waals surface area contributed by atoms with Crippen molar-refractivity contribution in [1.29, 1.82) is 5.26 Å². The minimum Gasteiger partial charge on any atom is -0.339 e. The molecule has 0 radical (unpaired) electrons. The van der Waals surface area contributed by atoms with Crippen LogP contribution in [0.3, 0.4) is 0 Å². The summed E-state index contributed by atoms with van der Waals surface area (Å²) in [7, 11) is 0. The molecular formula is C41H40N8S. The number of hydrogen-bond acceptors (Lipinski definition) is 9. The van der Waals surface area contributed by atoms with E-state index in [0.717, 1.165) is 38.8 Å². The molecule has 6 aromatic rings. The number of benzene rings is 4. The van der Waals surface area contributed by atoms with E-state index in [9.17, 15) is 5.26 Å². The van der Waals surface area contributed by atoms with E-state index in [1.807, 2.05) is 80.6 Å². The van der Waals surface area contributed by atoms with Crippen molar-refractivity contribution in [3.05, 3.63) is 122 Å². The summed E-state index contributed by atoms with van der Waals surface area (Å²) in [5.74, 6) is 0.923. The average molecular weight is 677 g/mol. The van der Waals surface area contributed by atoms with E-state index in [1.165, 1.54) is 49.9 Å². The van der Waals surface area contributed by atoms with Crippen LogP contribution in [0.2, 0.25) is 0 Å². The lowest BCUT2D eigenvalue weighted by atomic mass is 9.85. The van der Waals surface area contributed by atoms with E-state index in [0.29, 0.717) is 33.5 Å². The third-order valence-corrected chi connectivity index (χ3v) is 10.7. The first-order valence-corrected chi connectivity index (χ1v) is 17.3. The molecule has 2 aromatic heterocycles. The van der Waals surface area contributed by atoms with E-state index in [2.05, 4.69) is 75.4 Å². The highest BCUT2D eigenvalue weighted by molar-refractivity contribution is 7.19. The Hall–Kier alpha value is -5.72. The summed E-state index contributed by atoms with van der Waals surface area (Å²) in [6, 6.07) is 23.7. The van der Waals surface area contributed by atoms with Crippen LogP contribution in [0, 0.1) is 73.6 Å². The predicted octanol–water partition coefficient (Wildman–Crippen LogP) is 13.3. The number of rotatable bonds is 8. The maximum atomic E-state index is 10.2. The van der Waals surface area contributed by atoms with Crippen molar-refractivity contribution in [2.24, 2.45) is 20.5 Å². The number of pyridine rings is 1. The Kier molecular flexibility index (Phi) is 9.58. The van der Waals surface area contributed by atoms with Gasteiger partial charge in [-0.3, -0.25) is 0 Å². The van der Waals surface area contributed by atoms with Crippen LogP contribution < -0.4 is 10.6 Å². The second kappa shape index (κ2) is 14.0. The Balaban J connectivity index is 1.37. The molecule has 0 bridgehead atoms. The quantitative estimate of drug-likeness (QED) is 0.156. The van der Waals surface area contributed by atoms with Gasteiger partial charge < -0.3 is 10.6 Å². The summed E-state index contributed by atoms with van der Waals surface area (Å²) in [4.78, 5) is 4.84. The highest BCUT2D eigenvalue weighted by Gasteiger charge is 2.20. The van der Waals surface area contributed by atoms with E-state index >= 15 is 0 Å². The van der Waals surface area contributed by atoms with Gasteiger partial charge in [-0.2, -0.15) is 5.26 Å².